The lowest BCUT2D eigenvalue weighted by Crippen LogP contribution is -2.21. The van der Waals surface area contributed by atoms with E-state index < -0.39 is 0 Å². The third-order valence-electron chi connectivity index (χ3n) is 4.05. The van der Waals surface area contributed by atoms with Gasteiger partial charge in [0.2, 0.25) is 0 Å². The highest BCUT2D eigenvalue weighted by Gasteiger charge is 2.37. The number of anilines is 2. The monoisotopic (exact) mass is 292 g/mol. The minimum absolute atomic E-state index is 0.0617. The number of rotatable bonds is 0. The molecule has 5 heteroatoms. The van der Waals surface area contributed by atoms with Gasteiger partial charge < -0.3 is 15.3 Å². The molecule has 0 unspecified atom stereocenters. The maximum Gasteiger partial charge on any atom is 0.259 e. The Bertz CT molecular complexity index is 883. The number of aromatic hydroxyl groups is 1. The standard InChI is InChI=1S/C17H12N2O3/c1-19-13-7-6-9(20)8-11(13)15(17(19)22)14-10-4-2-3-5-12(10)18-16(14)21/h2-8,20H,1H3,(H,18,21)/b15-14+. The van der Waals surface area contributed by atoms with E-state index in [4.69, 9.17) is 0 Å². The van der Waals surface area contributed by atoms with Crippen molar-refractivity contribution in [2.75, 3.05) is 17.3 Å². The second-order valence-electron chi connectivity index (χ2n) is 5.32. The molecule has 2 heterocycles. The molecule has 0 saturated heterocycles. The van der Waals surface area contributed by atoms with Gasteiger partial charge >= 0.3 is 0 Å². The third kappa shape index (κ3) is 1.53. The Kier molecular flexibility index (Phi) is 2.42. The highest BCUT2D eigenvalue weighted by atomic mass is 16.3. The minimum Gasteiger partial charge on any atom is -0.508 e. The SMILES string of the molecule is CN1C(=O)/C(=C2/C(=O)Nc3ccccc32)c2cc(O)ccc21. The summed E-state index contributed by atoms with van der Waals surface area (Å²) in [6, 6.07) is 12.0. The number of fused-ring (bicyclic) bond motifs is 2. The van der Waals surface area contributed by atoms with Crippen molar-refractivity contribution in [3.63, 3.8) is 0 Å². The van der Waals surface area contributed by atoms with Crippen LogP contribution in [0.25, 0.3) is 11.1 Å². The molecule has 22 heavy (non-hydrogen) atoms. The van der Waals surface area contributed by atoms with E-state index in [1.165, 1.54) is 17.0 Å². The van der Waals surface area contributed by atoms with E-state index in [1.807, 2.05) is 18.2 Å². The van der Waals surface area contributed by atoms with Crippen molar-refractivity contribution in [2.24, 2.45) is 0 Å². The molecular weight excluding hydrogens is 280 g/mol. The lowest BCUT2D eigenvalue weighted by Gasteiger charge is -2.08. The van der Waals surface area contributed by atoms with Crippen LogP contribution >= 0.6 is 0 Å². The van der Waals surface area contributed by atoms with Gasteiger partial charge in [0.25, 0.3) is 11.8 Å². The smallest absolute Gasteiger partial charge is 0.259 e. The number of hydrogen-bond acceptors (Lipinski definition) is 3. The highest BCUT2D eigenvalue weighted by molar-refractivity contribution is 6.49. The molecule has 108 valence electrons. The summed E-state index contributed by atoms with van der Waals surface area (Å²) in [5.74, 6) is -0.483. The van der Waals surface area contributed by atoms with Crippen LogP contribution in [0.2, 0.25) is 0 Å². The van der Waals surface area contributed by atoms with Gasteiger partial charge in [0.15, 0.2) is 0 Å². The zero-order chi connectivity index (χ0) is 15.4. The van der Waals surface area contributed by atoms with E-state index in [0.29, 0.717) is 33.6 Å². The number of likely N-dealkylation sites (N-methyl/N-ethyl adjacent to an activating group) is 1. The fourth-order valence-corrected chi connectivity index (χ4v) is 3.02. The number of carbonyl (C=O) groups is 2. The summed E-state index contributed by atoms with van der Waals surface area (Å²) in [6.07, 6.45) is 0. The molecule has 0 bridgehead atoms. The summed E-state index contributed by atoms with van der Waals surface area (Å²) >= 11 is 0. The summed E-state index contributed by atoms with van der Waals surface area (Å²) < 4.78 is 0. The van der Waals surface area contributed by atoms with Gasteiger partial charge in [-0.1, -0.05) is 18.2 Å². The summed E-state index contributed by atoms with van der Waals surface area (Å²) in [4.78, 5) is 26.5. The second-order valence-corrected chi connectivity index (χ2v) is 5.32. The van der Waals surface area contributed by atoms with Crippen LogP contribution < -0.4 is 10.2 Å². The number of carbonyl (C=O) groups excluding carboxylic acids is 2. The summed E-state index contributed by atoms with van der Waals surface area (Å²) in [7, 11) is 1.66. The molecule has 2 aliphatic rings. The number of nitrogens with one attached hydrogen (secondary N) is 1. The first-order valence-electron chi connectivity index (χ1n) is 6.84. The predicted octanol–water partition coefficient (Wildman–Crippen LogP) is 2.23. The quantitative estimate of drug-likeness (QED) is 0.732. The van der Waals surface area contributed by atoms with Gasteiger partial charge in [0.1, 0.15) is 5.75 Å². The maximum absolute atomic E-state index is 12.6. The van der Waals surface area contributed by atoms with Gasteiger partial charge in [-0.05, 0) is 24.3 Å². The van der Waals surface area contributed by atoms with E-state index in [-0.39, 0.29) is 17.6 Å². The van der Waals surface area contributed by atoms with Crippen LogP contribution in [0.5, 0.6) is 5.75 Å². The van der Waals surface area contributed by atoms with Crippen LogP contribution in [0.1, 0.15) is 11.1 Å². The molecule has 5 nitrogen and oxygen atoms in total. The molecule has 0 aromatic heterocycles. The first-order chi connectivity index (χ1) is 10.6. The Labute approximate surface area is 126 Å². The van der Waals surface area contributed by atoms with Crippen LogP contribution in [0.4, 0.5) is 11.4 Å². The van der Waals surface area contributed by atoms with Crippen LogP contribution in [0.3, 0.4) is 0 Å². The summed E-state index contributed by atoms with van der Waals surface area (Å²) in [5.41, 5.74) is 3.35. The molecule has 2 aromatic rings. The zero-order valence-electron chi connectivity index (χ0n) is 11.8. The highest BCUT2D eigenvalue weighted by Crippen LogP contribution is 2.44. The van der Waals surface area contributed by atoms with Crippen LogP contribution in [-0.2, 0) is 9.59 Å². The molecule has 2 aliphatic heterocycles. The fourth-order valence-electron chi connectivity index (χ4n) is 3.02. The van der Waals surface area contributed by atoms with Crippen molar-refractivity contribution in [1.29, 1.82) is 0 Å². The van der Waals surface area contributed by atoms with Crippen molar-refractivity contribution < 1.29 is 14.7 Å². The Morgan fingerprint density at radius 3 is 2.59 bits per heavy atom. The average molecular weight is 292 g/mol. The van der Waals surface area contributed by atoms with Crippen molar-refractivity contribution >= 4 is 34.3 Å². The first kappa shape index (κ1) is 12.6. The molecule has 0 atom stereocenters. The van der Waals surface area contributed by atoms with Crippen LogP contribution in [-0.4, -0.2) is 24.0 Å². The molecular formula is C17H12N2O3. The molecule has 4 rings (SSSR count). The first-order valence-corrected chi connectivity index (χ1v) is 6.84. The predicted molar refractivity (Wildman–Crippen MR) is 83.4 cm³/mol. The van der Waals surface area contributed by atoms with Gasteiger partial charge in [-0.15, -0.1) is 0 Å². The van der Waals surface area contributed by atoms with Crippen molar-refractivity contribution in [2.45, 2.75) is 0 Å². The topological polar surface area (TPSA) is 69.6 Å². The number of nitrogens with zero attached hydrogens (tertiary/aromatic N) is 1. The van der Waals surface area contributed by atoms with E-state index in [0.717, 1.165) is 0 Å². The number of hydrogen-bond donors (Lipinski definition) is 2. The van der Waals surface area contributed by atoms with Crippen LogP contribution in [0, 0.1) is 0 Å². The lowest BCUT2D eigenvalue weighted by atomic mass is 9.96. The van der Waals surface area contributed by atoms with Crippen molar-refractivity contribution in [1.82, 2.24) is 0 Å². The van der Waals surface area contributed by atoms with Gasteiger partial charge in [-0.25, -0.2) is 0 Å². The summed E-state index contributed by atoms with van der Waals surface area (Å²) in [6.45, 7) is 0. The molecule has 2 N–H and O–H groups in total. The molecule has 2 aromatic carbocycles. The summed E-state index contributed by atoms with van der Waals surface area (Å²) in [5, 5.41) is 12.5. The fraction of sp³-hybridized carbons (Fsp3) is 0.0588. The number of benzene rings is 2. The van der Waals surface area contributed by atoms with E-state index in [2.05, 4.69) is 5.32 Å². The van der Waals surface area contributed by atoms with E-state index >= 15 is 0 Å². The van der Waals surface area contributed by atoms with Gasteiger partial charge in [0.05, 0.1) is 16.8 Å². The lowest BCUT2D eigenvalue weighted by molar-refractivity contribution is -0.113. The van der Waals surface area contributed by atoms with Gasteiger partial charge in [-0.3, -0.25) is 9.59 Å². The second kappa shape index (κ2) is 4.21. The van der Waals surface area contributed by atoms with Crippen molar-refractivity contribution in [3.05, 3.63) is 53.6 Å². The van der Waals surface area contributed by atoms with Crippen molar-refractivity contribution in [3.8, 4) is 5.75 Å². The number of amides is 2. The van der Waals surface area contributed by atoms with E-state index in [1.54, 1.807) is 19.2 Å². The van der Waals surface area contributed by atoms with E-state index in [9.17, 15) is 14.7 Å². The minimum atomic E-state index is -0.297. The number of phenolic OH excluding ortho intramolecular Hbond substituents is 1. The Balaban J connectivity index is 2.06. The Morgan fingerprint density at radius 2 is 1.77 bits per heavy atom. The average Bonchev–Trinajstić information content (AvgIpc) is 2.94. The Hall–Kier alpha value is -3.08. The maximum atomic E-state index is 12.6. The largest absolute Gasteiger partial charge is 0.508 e. The zero-order valence-corrected chi connectivity index (χ0v) is 11.8. The molecule has 2 amide bonds. The molecule has 0 spiro atoms. The van der Waals surface area contributed by atoms with Gasteiger partial charge in [-0.2, -0.15) is 0 Å². The normalized spacial score (nSPS) is 19.2. The molecule has 0 aliphatic carbocycles. The Morgan fingerprint density at radius 1 is 1.00 bits per heavy atom. The van der Waals surface area contributed by atoms with Gasteiger partial charge in [0, 0.05) is 23.9 Å². The number of phenols is 1. The number of para-hydroxylation sites is 1. The molecule has 0 radical (unpaired) electrons. The van der Waals surface area contributed by atoms with Crippen LogP contribution in [0.15, 0.2) is 42.5 Å². The molecule has 0 saturated carbocycles. The molecule has 0 fully saturated rings. The third-order valence-corrected chi connectivity index (χ3v) is 4.05.